The predicted molar refractivity (Wildman–Crippen MR) is 113 cm³/mol. The van der Waals surface area contributed by atoms with Gasteiger partial charge in [-0.05, 0) is 38.1 Å². The zero-order chi connectivity index (χ0) is 21.1. The van der Waals surface area contributed by atoms with Crippen LogP contribution in [-0.2, 0) is 6.54 Å². The first-order valence-corrected chi connectivity index (χ1v) is 9.99. The minimum atomic E-state index is -0.119. The first kappa shape index (κ1) is 19.8. The highest BCUT2D eigenvalue weighted by Crippen LogP contribution is 2.18. The first-order valence-electron chi connectivity index (χ1n) is 9.99. The molecule has 4 rings (SSSR count). The zero-order valence-corrected chi connectivity index (χ0v) is 17.2. The summed E-state index contributed by atoms with van der Waals surface area (Å²) < 4.78 is 3.26. The van der Waals surface area contributed by atoms with Gasteiger partial charge < -0.3 is 4.90 Å². The Kier molecular flexibility index (Phi) is 5.59. The molecule has 1 saturated heterocycles. The largest absolute Gasteiger partial charge is 0.353 e. The molecular weight excluding hydrogens is 380 g/mol. The summed E-state index contributed by atoms with van der Waals surface area (Å²) >= 11 is 0. The van der Waals surface area contributed by atoms with Crippen molar-refractivity contribution in [3.63, 3.8) is 0 Å². The van der Waals surface area contributed by atoms with Gasteiger partial charge in [0.25, 0.3) is 5.56 Å². The Morgan fingerprint density at radius 3 is 2.57 bits per heavy atom. The van der Waals surface area contributed by atoms with E-state index in [1.54, 1.807) is 35.1 Å². The Balaban J connectivity index is 1.39. The second kappa shape index (κ2) is 8.47. The molecule has 4 heterocycles. The van der Waals surface area contributed by atoms with Gasteiger partial charge in [-0.15, -0.1) is 5.10 Å². The minimum Gasteiger partial charge on any atom is -0.353 e. The van der Waals surface area contributed by atoms with Gasteiger partial charge in [-0.3, -0.25) is 9.69 Å². The van der Waals surface area contributed by atoms with Gasteiger partial charge in [-0.25, -0.2) is 14.3 Å². The van der Waals surface area contributed by atoms with E-state index in [-0.39, 0.29) is 5.56 Å². The molecule has 3 aromatic heterocycles. The van der Waals surface area contributed by atoms with Gasteiger partial charge in [0.05, 0.1) is 17.8 Å². The van der Waals surface area contributed by atoms with Gasteiger partial charge in [0, 0.05) is 50.7 Å². The van der Waals surface area contributed by atoms with Crippen LogP contribution in [-0.4, -0.2) is 62.2 Å². The van der Waals surface area contributed by atoms with Crippen molar-refractivity contribution in [2.24, 2.45) is 0 Å². The second-order valence-corrected chi connectivity index (χ2v) is 7.41. The van der Waals surface area contributed by atoms with Crippen LogP contribution in [0, 0.1) is 25.2 Å². The van der Waals surface area contributed by atoms with Gasteiger partial charge in [0.1, 0.15) is 11.9 Å². The van der Waals surface area contributed by atoms with Crippen LogP contribution in [0.5, 0.6) is 0 Å². The van der Waals surface area contributed by atoms with Crippen molar-refractivity contribution in [1.82, 2.24) is 29.4 Å². The Morgan fingerprint density at radius 1 is 1.07 bits per heavy atom. The quantitative estimate of drug-likeness (QED) is 0.629. The molecule has 0 atom stereocenters. The SMILES string of the molecule is Cc1cc(C)n(-c2ccc(=O)n(CCN3CCN(c4ncccc4C#N)CC3)n2)n1. The molecule has 30 heavy (non-hydrogen) atoms. The van der Waals surface area contributed by atoms with Crippen LogP contribution < -0.4 is 10.5 Å². The van der Waals surface area contributed by atoms with Crippen molar-refractivity contribution in [2.75, 3.05) is 37.6 Å². The van der Waals surface area contributed by atoms with Crippen molar-refractivity contribution in [3.8, 4) is 11.9 Å². The molecule has 154 valence electrons. The number of piperazine rings is 1. The summed E-state index contributed by atoms with van der Waals surface area (Å²) in [6.45, 7) is 8.41. The lowest BCUT2D eigenvalue weighted by molar-refractivity contribution is 0.242. The monoisotopic (exact) mass is 404 g/mol. The smallest absolute Gasteiger partial charge is 0.266 e. The average molecular weight is 404 g/mol. The summed E-state index contributed by atoms with van der Waals surface area (Å²) in [6.07, 6.45) is 1.72. The van der Waals surface area contributed by atoms with E-state index in [0.29, 0.717) is 17.9 Å². The summed E-state index contributed by atoms with van der Waals surface area (Å²) in [5.74, 6) is 1.39. The number of aryl methyl sites for hydroxylation is 2. The summed E-state index contributed by atoms with van der Waals surface area (Å²) in [7, 11) is 0. The fourth-order valence-electron chi connectivity index (χ4n) is 3.73. The summed E-state index contributed by atoms with van der Waals surface area (Å²) in [5.41, 5.74) is 2.37. The Morgan fingerprint density at radius 2 is 1.87 bits per heavy atom. The van der Waals surface area contributed by atoms with Crippen molar-refractivity contribution in [1.29, 1.82) is 5.26 Å². The molecule has 0 unspecified atom stereocenters. The molecule has 9 heteroatoms. The van der Waals surface area contributed by atoms with Crippen LogP contribution in [0.3, 0.4) is 0 Å². The third-order valence-corrected chi connectivity index (χ3v) is 5.29. The van der Waals surface area contributed by atoms with Crippen LogP contribution in [0.15, 0.2) is 41.3 Å². The van der Waals surface area contributed by atoms with Crippen LogP contribution in [0.4, 0.5) is 5.82 Å². The molecule has 1 aliphatic heterocycles. The lowest BCUT2D eigenvalue weighted by atomic mass is 10.2. The third-order valence-electron chi connectivity index (χ3n) is 5.29. The molecule has 3 aromatic rings. The maximum atomic E-state index is 12.3. The van der Waals surface area contributed by atoms with Crippen LogP contribution in [0.2, 0.25) is 0 Å². The maximum absolute atomic E-state index is 12.3. The van der Waals surface area contributed by atoms with Crippen LogP contribution >= 0.6 is 0 Å². The fraction of sp³-hybridized carbons (Fsp3) is 0.381. The Labute approximate surface area is 174 Å². The predicted octanol–water partition coefficient (Wildman–Crippen LogP) is 1.13. The van der Waals surface area contributed by atoms with E-state index in [2.05, 4.69) is 31.1 Å². The fourth-order valence-corrected chi connectivity index (χ4v) is 3.73. The highest BCUT2D eigenvalue weighted by atomic mass is 16.1. The van der Waals surface area contributed by atoms with Crippen LogP contribution in [0.1, 0.15) is 17.0 Å². The van der Waals surface area contributed by atoms with Gasteiger partial charge >= 0.3 is 0 Å². The number of nitriles is 1. The molecule has 0 saturated carbocycles. The van der Waals surface area contributed by atoms with E-state index in [1.807, 2.05) is 19.9 Å². The van der Waals surface area contributed by atoms with E-state index in [4.69, 9.17) is 0 Å². The molecule has 1 aliphatic rings. The molecule has 0 radical (unpaired) electrons. The Hall–Kier alpha value is -3.51. The molecule has 0 spiro atoms. The molecule has 0 aromatic carbocycles. The number of hydrogen-bond acceptors (Lipinski definition) is 7. The first-order chi connectivity index (χ1) is 14.5. The molecule has 9 nitrogen and oxygen atoms in total. The number of nitrogens with zero attached hydrogens (tertiary/aromatic N) is 8. The van der Waals surface area contributed by atoms with Crippen molar-refractivity contribution >= 4 is 5.82 Å². The highest BCUT2D eigenvalue weighted by molar-refractivity contribution is 5.53. The lowest BCUT2D eigenvalue weighted by Gasteiger charge is -2.35. The number of rotatable bonds is 5. The average Bonchev–Trinajstić information content (AvgIpc) is 3.11. The number of anilines is 1. The summed E-state index contributed by atoms with van der Waals surface area (Å²) in [5, 5.41) is 18.2. The van der Waals surface area contributed by atoms with Gasteiger partial charge in [0.15, 0.2) is 5.82 Å². The number of aromatic nitrogens is 5. The normalized spacial score (nSPS) is 14.6. The standard InChI is InChI=1S/C21H24N8O/c1-16-14-17(2)29(24-16)19-5-6-20(30)28(25-19)13-10-26-8-11-27(12-9-26)21-18(15-22)4-3-7-23-21/h3-7,14H,8-13H2,1-2H3. The van der Waals surface area contributed by atoms with Gasteiger partial charge in [-0.2, -0.15) is 10.4 Å². The van der Waals surface area contributed by atoms with Crippen LogP contribution in [0.25, 0.3) is 5.82 Å². The number of pyridine rings is 1. The lowest BCUT2D eigenvalue weighted by Crippen LogP contribution is -2.48. The minimum absolute atomic E-state index is 0.119. The topological polar surface area (TPSA) is 95.9 Å². The van der Waals surface area contributed by atoms with E-state index in [1.165, 1.54) is 4.68 Å². The van der Waals surface area contributed by atoms with Gasteiger partial charge in [-0.1, -0.05) is 0 Å². The molecule has 0 aliphatic carbocycles. The van der Waals surface area contributed by atoms with E-state index in [0.717, 1.165) is 49.9 Å². The molecule has 0 bridgehead atoms. The molecule has 0 N–H and O–H groups in total. The highest BCUT2D eigenvalue weighted by Gasteiger charge is 2.20. The van der Waals surface area contributed by atoms with Gasteiger partial charge in [0.2, 0.25) is 0 Å². The maximum Gasteiger partial charge on any atom is 0.266 e. The van der Waals surface area contributed by atoms with E-state index >= 15 is 0 Å². The van der Waals surface area contributed by atoms with E-state index in [9.17, 15) is 10.1 Å². The summed E-state index contributed by atoms with van der Waals surface area (Å²) in [6, 6.07) is 11.0. The number of hydrogen-bond donors (Lipinski definition) is 0. The molecular formula is C21H24N8O. The van der Waals surface area contributed by atoms with Crippen molar-refractivity contribution < 1.29 is 0 Å². The van der Waals surface area contributed by atoms with Crippen molar-refractivity contribution in [2.45, 2.75) is 20.4 Å². The Bertz CT molecular complexity index is 1130. The van der Waals surface area contributed by atoms with E-state index < -0.39 is 0 Å². The third kappa shape index (κ3) is 4.09. The zero-order valence-electron chi connectivity index (χ0n) is 17.2. The summed E-state index contributed by atoms with van der Waals surface area (Å²) in [4.78, 5) is 21.1. The molecule has 1 fully saturated rings. The van der Waals surface area contributed by atoms with Crippen molar-refractivity contribution in [3.05, 3.63) is 63.8 Å². The second-order valence-electron chi connectivity index (χ2n) is 7.41. The molecule has 0 amide bonds.